The lowest BCUT2D eigenvalue weighted by atomic mass is 10.1. The molecule has 0 atom stereocenters. The van der Waals surface area contributed by atoms with Crippen molar-refractivity contribution in [2.75, 3.05) is 20.1 Å². The average molecular weight is 316 g/mol. The van der Waals surface area contributed by atoms with Crippen LogP contribution in [-0.2, 0) is 0 Å². The Bertz CT molecular complexity index is 668. The molecule has 19 heavy (non-hydrogen) atoms. The molecule has 3 nitrogen and oxygen atoms in total. The maximum Gasteiger partial charge on any atom is 0.178 e. The van der Waals surface area contributed by atoms with Crippen LogP contribution >= 0.6 is 35.4 Å². The van der Waals surface area contributed by atoms with E-state index in [-0.39, 0.29) is 0 Å². The molecule has 1 fully saturated rings. The zero-order valence-corrected chi connectivity index (χ0v) is 12.9. The molecule has 6 heteroatoms. The highest BCUT2D eigenvalue weighted by Crippen LogP contribution is 2.31. The van der Waals surface area contributed by atoms with Gasteiger partial charge in [-0.05, 0) is 57.3 Å². The number of rotatable bonds is 1. The molecule has 1 aromatic heterocycles. The summed E-state index contributed by atoms with van der Waals surface area (Å²) in [5.74, 6) is 0. The van der Waals surface area contributed by atoms with Crippen molar-refractivity contribution in [1.82, 2.24) is 14.5 Å². The number of hydrogen-bond donors (Lipinski definition) is 1. The van der Waals surface area contributed by atoms with E-state index in [1.807, 2.05) is 12.1 Å². The molecular formula is C13H15Cl2N3S. The Morgan fingerprint density at radius 2 is 1.84 bits per heavy atom. The predicted molar refractivity (Wildman–Crippen MR) is 82.9 cm³/mol. The lowest BCUT2D eigenvalue weighted by Gasteiger charge is -2.30. The fourth-order valence-electron chi connectivity index (χ4n) is 2.74. The Balaban J connectivity index is 2.10. The summed E-state index contributed by atoms with van der Waals surface area (Å²) < 4.78 is 2.95. The number of nitrogens with one attached hydrogen (secondary N) is 1. The minimum atomic E-state index is 0.440. The average Bonchev–Trinajstić information content (AvgIpc) is 2.67. The minimum Gasteiger partial charge on any atom is -0.331 e. The first kappa shape index (κ1) is 13.4. The summed E-state index contributed by atoms with van der Waals surface area (Å²) in [6.07, 6.45) is 2.22. The Morgan fingerprint density at radius 3 is 2.53 bits per heavy atom. The van der Waals surface area contributed by atoms with Crippen molar-refractivity contribution < 1.29 is 0 Å². The summed E-state index contributed by atoms with van der Waals surface area (Å²) in [7, 11) is 2.15. The summed E-state index contributed by atoms with van der Waals surface area (Å²) in [4.78, 5) is 5.57. The number of piperidine rings is 1. The molecule has 0 amide bonds. The number of fused-ring (bicyclic) bond motifs is 1. The van der Waals surface area contributed by atoms with Gasteiger partial charge in [0.15, 0.2) is 4.77 Å². The van der Waals surface area contributed by atoms with Crippen LogP contribution < -0.4 is 0 Å². The number of H-pyrrole nitrogens is 1. The van der Waals surface area contributed by atoms with Crippen molar-refractivity contribution in [3.63, 3.8) is 0 Å². The first-order chi connectivity index (χ1) is 9.06. The van der Waals surface area contributed by atoms with Gasteiger partial charge in [-0.15, -0.1) is 0 Å². The van der Waals surface area contributed by atoms with Gasteiger partial charge >= 0.3 is 0 Å². The van der Waals surface area contributed by atoms with Crippen molar-refractivity contribution >= 4 is 46.5 Å². The molecule has 1 saturated heterocycles. The van der Waals surface area contributed by atoms with Crippen LogP contribution in [0.3, 0.4) is 0 Å². The second-order valence-electron chi connectivity index (χ2n) is 5.12. The lowest BCUT2D eigenvalue weighted by molar-refractivity contribution is 0.223. The van der Waals surface area contributed by atoms with Crippen LogP contribution in [0, 0.1) is 4.77 Å². The fourth-order valence-corrected chi connectivity index (χ4v) is 3.42. The van der Waals surface area contributed by atoms with Gasteiger partial charge < -0.3 is 14.5 Å². The molecule has 1 aromatic carbocycles. The smallest absolute Gasteiger partial charge is 0.178 e. The predicted octanol–water partition coefficient (Wildman–Crippen LogP) is 4.27. The van der Waals surface area contributed by atoms with Gasteiger partial charge in [0.25, 0.3) is 0 Å². The van der Waals surface area contributed by atoms with E-state index in [4.69, 9.17) is 35.4 Å². The number of aromatic nitrogens is 2. The highest BCUT2D eigenvalue weighted by atomic mass is 35.5. The van der Waals surface area contributed by atoms with Crippen LogP contribution in [0.5, 0.6) is 0 Å². The molecule has 0 bridgehead atoms. The molecule has 2 heterocycles. The van der Waals surface area contributed by atoms with Crippen LogP contribution in [0.4, 0.5) is 0 Å². The number of likely N-dealkylation sites (tertiary alicyclic amines) is 1. The van der Waals surface area contributed by atoms with Crippen LogP contribution in [0.1, 0.15) is 18.9 Å². The number of halogens is 2. The van der Waals surface area contributed by atoms with Crippen molar-refractivity contribution in [2.45, 2.75) is 18.9 Å². The van der Waals surface area contributed by atoms with Gasteiger partial charge in [0.1, 0.15) is 0 Å². The fraction of sp³-hybridized carbons (Fsp3) is 0.462. The summed E-state index contributed by atoms with van der Waals surface area (Å²) in [5.41, 5.74) is 2.01. The molecule has 1 N–H and O–H groups in total. The number of benzene rings is 1. The second-order valence-corrected chi connectivity index (χ2v) is 6.32. The number of imidazole rings is 1. The Hall–Kier alpha value is -0.550. The van der Waals surface area contributed by atoms with E-state index < -0.39 is 0 Å². The molecule has 0 saturated carbocycles. The summed E-state index contributed by atoms with van der Waals surface area (Å²) >= 11 is 17.6. The van der Waals surface area contributed by atoms with Gasteiger partial charge in [0.2, 0.25) is 0 Å². The van der Waals surface area contributed by atoms with Gasteiger partial charge in [-0.1, -0.05) is 23.2 Å². The lowest BCUT2D eigenvalue weighted by Crippen LogP contribution is -2.31. The minimum absolute atomic E-state index is 0.440. The third-order valence-electron chi connectivity index (χ3n) is 3.81. The van der Waals surface area contributed by atoms with Gasteiger partial charge in [0.05, 0.1) is 21.1 Å². The number of nitrogens with zero attached hydrogens (tertiary/aromatic N) is 2. The highest BCUT2D eigenvalue weighted by molar-refractivity contribution is 7.71. The van der Waals surface area contributed by atoms with Gasteiger partial charge in [-0.25, -0.2) is 0 Å². The zero-order chi connectivity index (χ0) is 13.6. The maximum absolute atomic E-state index is 6.13. The first-order valence-corrected chi connectivity index (χ1v) is 7.50. The molecule has 0 radical (unpaired) electrons. The first-order valence-electron chi connectivity index (χ1n) is 6.34. The van der Waals surface area contributed by atoms with Crippen LogP contribution in [-0.4, -0.2) is 34.6 Å². The van der Waals surface area contributed by atoms with E-state index >= 15 is 0 Å². The quantitative estimate of drug-likeness (QED) is 0.794. The largest absolute Gasteiger partial charge is 0.331 e. The van der Waals surface area contributed by atoms with Gasteiger partial charge in [0, 0.05) is 6.04 Å². The Labute approximate surface area is 127 Å². The standard InChI is InChI=1S/C13H15Cl2N3S/c1-17-4-2-8(3-5-17)18-12-7-10(15)9(14)6-11(12)16-13(18)19/h6-8H,2-5H2,1H3,(H,16,19). The normalized spacial score (nSPS) is 18.3. The molecule has 1 aliphatic rings. The van der Waals surface area contributed by atoms with E-state index in [0.717, 1.165) is 41.7 Å². The van der Waals surface area contributed by atoms with E-state index in [2.05, 4.69) is 21.5 Å². The third-order valence-corrected chi connectivity index (χ3v) is 4.83. The highest BCUT2D eigenvalue weighted by Gasteiger charge is 2.21. The monoisotopic (exact) mass is 315 g/mol. The van der Waals surface area contributed by atoms with Gasteiger partial charge in [-0.2, -0.15) is 0 Å². The molecule has 0 unspecified atom stereocenters. The summed E-state index contributed by atoms with van der Waals surface area (Å²) in [5, 5.41) is 1.13. The summed E-state index contributed by atoms with van der Waals surface area (Å²) in [6, 6.07) is 4.19. The third kappa shape index (κ3) is 2.42. The Morgan fingerprint density at radius 1 is 1.21 bits per heavy atom. The van der Waals surface area contributed by atoms with Crippen LogP contribution in [0.15, 0.2) is 12.1 Å². The number of hydrogen-bond acceptors (Lipinski definition) is 2. The van der Waals surface area contributed by atoms with Gasteiger partial charge in [-0.3, -0.25) is 0 Å². The SMILES string of the molecule is CN1CCC(n2c(=S)[nH]c3cc(Cl)c(Cl)cc32)CC1. The molecule has 3 rings (SSSR count). The molecule has 0 aliphatic carbocycles. The molecule has 1 aliphatic heterocycles. The second kappa shape index (κ2) is 5.09. The maximum atomic E-state index is 6.13. The molecule has 0 spiro atoms. The molecule has 2 aromatic rings. The van der Waals surface area contributed by atoms with Crippen molar-refractivity contribution in [2.24, 2.45) is 0 Å². The van der Waals surface area contributed by atoms with Crippen LogP contribution in [0.2, 0.25) is 10.0 Å². The van der Waals surface area contributed by atoms with Crippen molar-refractivity contribution in [3.05, 3.63) is 26.9 Å². The van der Waals surface area contributed by atoms with E-state index in [1.54, 1.807) is 0 Å². The van der Waals surface area contributed by atoms with Crippen LogP contribution in [0.25, 0.3) is 11.0 Å². The van der Waals surface area contributed by atoms with E-state index in [9.17, 15) is 0 Å². The van der Waals surface area contributed by atoms with Crippen molar-refractivity contribution in [1.29, 1.82) is 0 Å². The van der Waals surface area contributed by atoms with E-state index in [1.165, 1.54) is 0 Å². The van der Waals surface area contributed by atoms with E-state index in [0.29, 0.717) is 16.1 Å². The zero-order valence-electron chi connectivity index (χ0n) is 10.6. The number of aromatic amines is 1. The topological polar surface area (TPSA) is 24.0 Å². The van der Waals surface area contributed by atoms with Crippen molar-refractivity contribution in [3.8, 4) is 0 Å². The molecular weight excluding hydrogens is 301 g/mol. The summed E-state index contributed by atoms with van der Waals surface area (Å²) in [6.45, 7) is 2.20. The molecule has 102 valence electrons. The Kier molecular flexibility index (Phi) is 3.60.